The van der Waals surface area contributed by atoms with Gasteiger partial charge >= 0.3 is 0 Å². The molecule has 3 aromatic rings. The van der Waals surface area contributed by atoms with Gasteiger partial charge in [-0.3, -0.25) is 0 Å². The average molecular weight is 299 g/mol. The Morgan fingerprint density at radius 3 is 2.67 bits per heavy atom. The van der Waals surface area contributed by atoms with Gasteiger partial charge in [-0.2, -0.15) is 0 Å². The van der Waals surface area contributed by atoms with Crippen LogP contribution in [-0.4, -0.2) is 20.5 Å². The molecular formula is C16H17N3OS. The van der Waals surface area contributed by atoms with E-state index in [9.17, 15) is 0 Å². The molecule has 0 atom stereocenters. The fourth-order valence-corrected chi connectivity index (χ4v) is 3.10. The van der Waals surface area contributed by atoms with Crippen molar-refractivity contribution in [1.82, 2.24) is 14.8 Å². The molecule has 5 heteroatoms. The lowest BCUT2D eigenvalue weighted by Gasteiger charge is -2.03. The van der Waals surface area contributed by atoms with Gasteiger partial charge in [0.15, 0.2) is 11.0 Å². The second kappa shape index (κ2) is 6.18. The molecule has 0 bridgehead atoms. The lowest BCUT2D eigenvalue weighted by Crippen LogP contribution is -1.96. The number of benzene rings is 1. The third-order valence-electron chi connectivity index (χ3n) is 3.40. The van der Waals surface area contributed by atoms with Crippen LogP contribution in [0, 0.1) is 6.92 Å². The van der Waals surface area contributed by atoms with Gasteiger partial charge in [0, 0.05) is 12.8 Å². The van der Waals surface area contributed by atoms with Crippen molar-refractivity contribution in [2.75, 3.05) is 5.75 Å². The Kier molecular flexibility index (Phi) is 4.10. The molecule has 0 N–H and O–H groups in total. The van der Waals surface area contributed by atoms with Crippen molar-refractivity contribution in [2.45, 2.75) is 18.5 Å². The van der Waals surface area contributed by atoms with Crippen molar-refractivity contribution < 1.29 is 4.42 Å². The van der Waals surface area contributed by atoms with E-state index in [4.69, 9.17) is 4.42 Å². The number of furan rings is 1. The first-order valence-corrected chi connectivity index (χ1v) is 7.85. The number of hydrogen-bond acceptors (Lipinski definition) is 4. The Hall–Kier alpha value is -2.01. The van der Waals surface area contributed by atoms with Crippen molar-refractivity contribution in [1.29, 1.82) is 0 Å². The van der Waals surface area contributed by atoms with Gasteiger partial charge in [0.05, 0.1) is 11.8 Å². The van der Waals surface area contributed by atoms with Gasteiger partial charge in [-0.05, 0) is 25.0 Å². The predicted molar refractivity (Wildman–Crippen MR) is 84.3 cm³/mol. The maximum absolute atomic E-state index is 5.33. The Morgan fingerprint density at radius 1 is 1.14 bits per heavy atom. The minimum absolute atomic E-state index is 0.850. The lowest BCUT2D eigenvalue weighted by atomic mass is 10.2. The van der Waals surface area contributed by atoms with Crippen molar-refractivity contribution in [2.24, 2.45) is 7.05 Å². The van der Waals surface area contributed by atoms with Crippen LogP contribution in [0.4, 0.5) is 0 Å². The first-order valence-electron chi connectivity index (χ1n) is 6.86. The van der Waals surface area contributed by atoms with Gasteiger partial charge in [0.1, 0.15) is 5.76 Å². The Labute approximate surface area is 128 Å². The van der Waals surface area contributed by atoms with Crippen LogP contribution >= 0.6 is 11.8 Å². The summed E-state index contributed by atoms with van der Waals surface area (Å²) < 4.78 is 7.36. The normalized spacial score (nSPS) is 11.0. The first-order chi connectivity index (χ1) is 10.3. The van der Waals surface area contributed by atoms with Gasteiger partial charge in [0.25, 0.3) is 0 Å². The highest BCUT2D eigenvalue weighted by Crippen LogP contribution is 2.26. The summed E-state index contributed by atoms with van der Waals surface area (Å²) >= 11 is 1.72. The molecule has 0 aliphatic carbocycles. The smallest absolute Gasteiger partial charge is 0.191 e. The minimum atomic E-state index is 0.850. The van der Waals surface area contributed by atoms with E-state index in [2.05, 4.69) is 34.5 Å². The number of aromatic nitrogens is 3. The fraction of sp³-hybridized carbons (Fsp3) is 0.250. The third kappa shape index (κ3) is 3.03. The number of hydrogen-bond donors (Lipinski definition) is 0. The van der Waals surface area contributed by atoms with Crippen molar-refractivity contribution in [3.05, 3.63) is 54.0 Å². The van der Waals surface area contributed by atoms with Gasteiger partial charge in [0.2, 0.25) is 0 Å². The second-order valence-electron chi connectivity index (χ2n) is 4.84. The first kappa shape index (κ1) is 13.9. The summed E-state index contributed by atoms with van der Waals surface area (Å²) in [5.74, 6) is 2.70. The molecule has 0 radical (unpaired) electrons. The Balaban J connectivity index is 1.67. The number of nitrogens with zero attached hydrogens (tertiary/aromatic N) is 3. The van der Waals surface area contributed by atoms with E-state index in [1.807, 2.05) is 30.7 Å². The van der Waals surface area contributed by atoms with Crippen molar-refractivity contribution in [3.63, 3.8) is 0 Å². The van der Waals surface area contributed by atoms with Gasteiger partial charge in [-0.1, -0.05) is 42.1 Å². The molecule has 21 heavy (non-hydrogen) atoms. The molecule has 0 aliphatic heterocycles. The zero-order chi connectivity index (χ0) is 14.7. The number of aryl methyl sites for hydroxylation is 2. The van der Waals surface area contributed by atoms with Crippen LogP contribution in [0.2, 0.25) is 0 Å². The Bertz CT molecular complexity index is 718. The summed E-state index contributed by atoms with van der Waals surface area (Å²) in [6.45, 7) is 1.94. The molecule has 0 spiro atoms. The zero-order valence-electron chi connectivity index (χ0n) is 12.1. The topological polar surface area (TPSA) is 43.9 Å². The largest absolute Gasteiger partial charge is 0.469 e. The van der Waals surface area contributed by atoms with Gasteiger partial charge in [-0.25, -0.2) is 0 Å². The van der Waals surface area contributed by atoms with Crippen LogP contribution in [0.15, 0.2) is 52.2 Å². The van der Waals surface area contributed by atoms with Crippen LogP contribution < -0.4 is 0 Å². The molecule has 2 aromatic heterocycles. The molecule has 0 fully saturated rings. The third-order valence-corrected chi connectivity index (χ3v) is 4.42. The molecule has 108 valence electrons. The van der Waals surface area contributed by atoms with E-state index in [0.717, 1.165) is 34.5 Å². The van der Waals surface area contributed by atoms with E-state index in [-0.39, 0.29) is 0 Å². The highest BCUT2D eigenvalue weighted by atomic mass is 32.2. The standard InChI is InChI=1S/C16H17N3OS/c1-12-14(8-10-20-12)15-17-18-16(19(15)2)21-11-9-13-6-4-3-5-7-13/h3-8,10H,9,11H2,1-2H3. The van der Waals surface area contributed by atoms with E-state index >= 15 is 0 Å². The lowest BCUT2D eigenvalue weighted by molar-refractivity contribution is 0.534. The Morgan fingerprint density at radius 2 is 1.95 bits per heavy atom. The van der Waals surface area contributed by atoms with Crippen LogP contribution in [0.3, 0.4) is 0 Å². The van der Waals surface area contributed by atoms with Crippen molar-refractivity contribution in [3.8, 4) is 11.4 Å². The zero-order valence-corrected chi connectivity index (χ0v) is 12.9. The van der Waals surface area contributed by atoms with E-state index in [1.165, 1.54) is 5.56 Å². The molecule has 0 saturated carbocycles. The summed E-state index contributed by atoms with van der Waals surface area (Å²) in [6.07, 6.45) is 2.71. The fourth-order valence-electron chi connectivity index (χ4n) is 2.20. The maximum atomic E-state index is 5.33. The molecule has 2 heterocycles. The molecule has 1 aromatic carbocycles. The predicted octanol–water partition coefficient (Wildman–Crippen LogP) is 3.72. The molecule has 4 nitrogen and oxygen atoms in total. The molecule has 0 saturated heterocycles. The summed E-state index contributed by atoms with van der Waals surface area (Å²) in [5.41, 5.74) is 2.35. The van der Waals surface area contributed by atoms with Crippen LogP contribution in [-0.2, 0) is 13.5 Å². The van der Waals surface area contributed by atoms with Crippen LogP contribution in [0.1, 0.15) is 11.3 Å². The number of thioether (sulfide) groups is 1. The van der Waals surface area contributed by atoms with Crippen molar-refractivity contribution >= 4 is 11.8 Å². The quantitative estimate of drug-likeness (QED) is 0.674. The highest BCUT2D eigenvalue weighted by molar-refractivity contribution is 7.99. The van der Waals surface area contributed by atoms with E-state index in [1.54, 1.807) is 18.0 Å². The van der Waals surface area contributed by atoms with E-state index < -0.39 is 0 Å². The number of rotatable bonds is 5. The van der Waals surface area contributed by atoms with Gasteiger partial charge in [-0.15, -0.1) is 10.2 Å². The van der Waals surface area contributed by atoms with Gasteiger partial charge < -0.3 is 8.98 Å². The molecule has 3 rings (SSSR count). The molecule has 0 unspecified atom stereocenters. The molecule has 0 aliphatic rings. The molecule has 0 amide bonds. The summed E-state index contributed by atoms with van der Waals surface area (Å²) in [7, 11) is 1.99. The summed E-state index contributed by atoms with van der Waals surface area (Å²) in [5, 5.41) is 9.49. The maximum Gasteiger partial charge on any atom is 0.191 e. The van der Waals surface area contributed by atoms with Crippen LogP contribution in [0.25, 0.3) is 11.4 Å². The summed E-state index contributed by atoms with van der Waals surface area (Å²) in [6, 6.07) is 12.4. The monoisotopic (exact) mass is 299 g/mol. The van der Waals surface area contributed by atoms with Crippen LogP contribution in [0.5, 0.6) is 0 Å². The highest BCUT2D eigenvalue weighted by Gasteiger charge is 2.14. The summed E-state index contributed by atoms with van der Waals surface area (Å²) in [4.78, 5) is 0. The SMILES string of the molecule is Cc1occc1-c1nnc(SCCc2ccccc2)n1C. The second-order valence-corrected chi connectivity index (χ2v) is 5.90. The van der Waals surface area contributed by atoms with E-state index in [0.29, 0.717) is 0 Å². The minimum Gasteiger partial charge on any atom is -0.469 e. The average Bonchev–Trinajstić information content (AvgIpc) is 3.07. The molecular weight excluding hydrogens is 282 g/mol.